The van der Waals surface area contributed by atoms with E-state index in [1.807, 2.05) is 0 Å². The highest BCUT2D eigenvalue weighted by Gasteiger charge is 2.09. The van der Waals surface area contributed by atoms with E-state index in [1.54, 1.807) is 23.6 Å². The first-order valence-corrected chi connectivity index (χ1v) is 7.20. The third kappa shape index (κ3) is 2.90. The van der Waals surface area contributed by atoms with Crippen LogP contribution in [-0.2, 0) is 17.8 Å². The molecule has 0 amide bonds. The molecule has 0 radical (unpaired) electrons. The highest BCUT2D eigenvalue weighted by atomic mass is 32.1. The summed E-state index contributed by atoms with van der Waals surface area (Å²) >= 11 is 1.39. The number of hydrogen-bond acceptors (Lipinski definition) is 4. The molecule has 0 saturated carbocycles. The minimum Gasteiger partial charge on any atom is -0.297 e. The highest BCUT2D eigenvalue weighted by Crippen LogP contribution is 2.13. The predicted molar refractivity (Wildman–Crippen MR) is 79.0 cm³/mol. The second-order valence-corrected chi connectivity index (χ2v) is 5.55. The van der Waals surface area contributed by atoms with Gasteiger partial charge in [-0.1, -0.05) is 12.1 Å². The van der Waals surface area contributed by atoms with Gasteiger partial charge in [0, 0.05) is 6.42 Å². The van der Waals surface area contributed by atoms with Gasteiger partial charge in [0.15, 0.2) is 5.78 Å². The normalized spacial score (nSPS) is 10.9. The molecule has 0 fully saturated rings. The maximum Gasteiger partial charge on any atom is 0.262 e. The van der Waals surface area contributed by atoms with Gasteiger partial charge in [-0.15, -0.1) is 11.3 Å². The Morgan fingerprint density at radius 1 is 1.24 bits per heavy atom. The predicted octanol–water partition coefficient (Wildman–Crippen LogP) is 2.41. The van der Waals surface area contributed by atoms with Gasteiger partial charge in [0.25, 0.3) is 5.56 Å². The number of benzene rings is 1. The fraction of sp³-hybridized carbons (Fsp3) is 0.133. The van der Waals surface area contributed by atoms with Crippen molar-refractivity contribution in [1.29, 1.82) is 0 Å². The summed E-state index contributed by atoms with van der Waals surface area (Å²) in [5.41, 5.74) is 0.507. The maximum atomic E-state index is 12.8. The van der Waals surface area contributed by atoms with E-state index in [0.29, 0.717) is 10.2 Å². The summed E-state index contributed by atoms with van der Waals surface area (Å²) in [7, 11) is 0. The summed E-state index contributed by atoms with van der Waals surface area (Å²) in [5, 5.41) is 2.32. The molecule has 6 heteroatoms. The molecule has 0 aliphatic heterocycles. The Labute approximate surface area is 123 Å². The van der Waals surface area contributed by atoms with Crippen molar-refractivity contribution in [3.05, 3.63) is 63.8 Å². The number of fused-ring (bicyclic) bond motifs is 1. The van der Waals surface area contributed by atoms with Gasteiger partial charge in [-0.3, -0.25) is 14.2 Å². The van der Waals surface area contributed by atoms with Crippen LogP contribution in [0.4, 0.5) is 4.39 Å². The number of nitrogens with zero attached hydrogens (tertiary/aromatic N) is 2. The molecule has 1 aromatic carbocycles. The number of ketones is 1. The van der Waals surface area contributed by atoms with Crippen LogP contribution >= 0.6 is 11.3 Å². The molecule has 0 atom stereocenters. The van der Waals surface area contributed by atoms with Crippen molar-refractivity contribution >= 4 is 27.3 Å². The molecule has 106 valence electrons. The van der Waals surface area contributed by atoms with Crippen molar-refractivity contribution in [2.75, 3.05) is 0 Å². The molecule has 0 saturated heterocycles. The largest absolute Gasteiger partial charge is 0.297 e. The number of thiophene rings is 1. The number of Topliss-reactive ketones (excluding diaryl/α,β-unsaturated/α-hetero) is 1. The smallest absolute Gasteiger partial charge is 0.262 e. The van der Waals surface area contributed by atoms with Crippen LogP contribution in [0, 0.1) is 5.82 Å². The van der Waals surface area contributed by atoms with E-state index in [2.05, 4.69) is 4.98 Å². The Balaban J connectivity index is 1.78. The van der Waals surface area contributed by atoms with E-state index in [9.17, 15) is 14.0 Å². The summed E-state index contributed by atoms with van der Waals surface area (Å²) in [4.78, 5) is 29.0. The fourth-order valence-corrected chi connectivity index (χ4v) is 2.81. The van der Waals surface area contributed by atoms with Gasteiger partial charge in [-0.2, -0.15) is 0 Å². The molecule has 3 rings (SSSR count). The summed E-state index contributed by atoms with van der Waals surface area (Å²) in [6.07, 6.45) is 1.55. The molecule has 0 unspecified atom stereocenters. The quantitative estimate of drug-likeness (QED) is 0.743. The third-order valence-electron chi connectivity index (χ3n) is 3.11. The van der Waals surface area contributed by atoms with E-state index in [0.717, 1.165) is 5.56 Å². The number of hydrogen-bond donors (Lipinski definition) is 0. The van der Waals surface area contributed by atoms with Crippen LogP contribution in [0.3, 0.4) is 0 Å². The molecule has 3 aromatic rings. The van der Waals surface area contributed by atoms with Gasteiger partial charge in [0.1, 0.15) is 10.6 Å². The van der Waals surface area contributed by atoms with Crippen LogP contribution in [0.25, 0.3) is 10.2 Å². The Kier molecular flexibility index (Phi) is 3.62. The van der Waals surface area contributed by atoms with E-state index >= 15 is 0 Å². The fourth-order valence-electron chi connectivity index (χ4n) is 2.08. The van der Waals surface area contributed by atoms with Crippen molar-refractivity contribution in [3.8, 4) is 0 Å². The van der Waals surface area contributed by atoms with Gasteiger partial charge in [-0.25, -0.2) is 9.37 Å². The second kappa shape index (κ2) is 5.57. The lowest BCUT2D eigenvalue weighted by atomic mass is 10.1. The Hall–Kier alpha value is -2.34. The molecule has 4 nitrogen and oxygen atoms in total. The topological polar surface area (TPSA) is 52.0 Å². The maximum absolute atomic E-state index is 12.8. The SMILES string of the molecule is O=C(Cc1ccc(F)cc1)Cn1cnc2sccc2c1=O. The van der Waals surface area contributed by atoms with E-state index in [1.165, 1.54) is 34.4 Å². The zero-order chi connectivity index (χ0) is 14.8. The zero-order valence-electron chi connectivity index (χ0n) is 11.0. The minimum atomic E-state index is -0.338. The first-order valence-electron chi connectivity index (χ1n) is 6.32. The van der Waals surface area contributed by atoms with Crippen LogP contribution in [0.5, 0.6) is 0 Å². The Morgan fingerprint density at radius 3 is 2.76 bits per heavy atom. The van der Waals surface area contributed by atoms with Gasteiger partial charge >= 0.3 is 0 Å². The van der Waals surface area contributed by atoms with E-state index in [-0.39, 0.29) is 30.1 Å². The molecule has 0 bridgehead atoms. The molecular formula is C15H11FN2O2S. The Bertz CT molecular complexity index is 852. The van der Waals surface area contributed by atoms with Gasteiger partial charge < -0.3 is 0 Å². The number of aromatic nitrogens is 2. The van der Waals surface area contributed by atoms with Gasteiger partial charge in [-0.05, 0) is 29.1 Å². The number of rotatable bonds is 4. The molecular weight excluding hydrogens is 291 g/mol. The molecule has 21 heavy (non-hydrogen) atoms. The lowest BCUT2D eigenvalue weighted by Gasteiger charge is -2.05. The molecule has 2 aromatic heterocycles. The summed E-state index contributed by atoms with van der Waals surface area (Å²) < 4.78 is 14.1. The molecule has 0 aliphatic rings. The highest BCUT2D eigenvalue weighted by molar-refractivity contribution is 7.16. The summed E-state index contributed by atoms with van der Waals surface area (Å²) in [5.74, 6) is -0.463. The average Bonchev–Trinajstić information content (AvgIpc) is 2.94. The number of carbonyl (C=O) groups is 1. The molecule has 0 N–H and O–H groups in total. The first-order chi connectivity index (χ1) is 10.1. The minimum absolute atomic E-state index is 0.0327. The van der Waals surface area contributed by atoms with Gasteiger partial charge in [0.2, 0.25) is 0 Å². The van der Waals surface area contributed by atoms with Crippen LogP contribution in [0.1, 0.15) is 5.56 Å². The standard InChI is InChI=1S/C15H11FN2O2S/c16-11-3-1-10(2-4-11)7-12(19)8-18-9-17-14-13(15(18)20)5-6-21-14/h1-6,9H,7-8H2. The lowest BCUT2D eigenvalue weighted by molar-refractivity contribution is -0.119. The summed E-state index contributed by atoms with van der Waals surface area (Å²) in [6, 6.07) is 7.46. The van der Waals surface area contributed by atoms with E-state index < -0.39 is 0 Å². The van der Waals surface area contributed by atoms with Crippen molar-refractivity contribution in [2.24, 2.45) is 0 Å². The number of carbonyl (C=O) groups excluding carboxylic acids is 1. The molecule has 2 heterocycles. The average molecular weight is 302 g/mol. The van der Waals surface area contributed by atoms with E-state index in [4.69, 9.17) is 0 Å². The monoisotopic (exact) mass is 302 g/mol. The van der Waals surface area contributed by atoms with Crippen molar-refractivity contribution in [3.63, 3.8) is 0 Å². The van der Waals surface area contributed by atoms with Crippen LogP contribution in [0.2, 0.25) is 0 Å². The Morgan fingerprint density at radius 2 is 2.00 bits per heavy atom. The summed E-state index contributed by atoms with van der Waals surface area (Å²) in [6.45, 7) is -0.0327. The number of halogens is 1. The zero-order valence-corrected chi connectivity index (χ0v) is 11.8. The first kappa shape index (κ1) is 13.6. The van der Waals surface area contributed by atoms with Crippen molar-refractivity contribution in [2.45, 2.75) is 13.0 Å². The molecule has 0 spiro atoms. The van der Waals surface area contributed by atoms with Crippen LogP contribution in [0.15, 0.2) is 46.8 Å². The molecule has 0 aliphatic carbocycles. The van der Waals surface area contributed by atoms with Crippen molar-refractivity contribution < 1.29 is 9.18 Å². The van der Waals surface area contributed by atoms with Gasteiger partial charge in [0.05, 0.1) is 18.3 Å². The lowest BCUT2D eigenvalue weighted by Crippen LogP contribution is -2.25. The second-order valence-electron chi connectivity index (χ2n) is 4.66. The third-order valence-corrected chi connectivity index (χ3v) is 3.93. The van der Waals surface area contributed by atoms with Crippen LogP contribution in [-0.4, -0.2) is 15.3 Å². The van der Waals surface area contributed by atoms with Crippen molar-refractivity contribution in [1.82, 2.24) is 9.55 Å². The van der Waals surface area contributed by atoms with Crippen LogP contribution < -0.4 is 5.56 Å².